The number of phenolic OH excluding ortho intramolecular Hbond substituents is 1. The number of aromatic hydroxyl groups is 1. The first-order valence-electron chi connectivity index (χ1n) is 5.47. The maximum Gasteiger partial charge on any atom is 0.160 e. The highest BCUT2D eigenvalue weighted by molar-refractivity contribution is 5.43. The summed E-state index contributed by atoms with van der Waals surface area (Å²) in [6, 6.07) is 9.38. The van der Waals surface area contributed by atoms with Crippen LogP contribution in [0.15, 0.2) is 42.7 Å². The average Bonchev–Trinajstić information content (AvgIpc) is 2.82. The zero-order valence-corrected chi connectivity index (χ0v) is 9.92. The van der Waals surface area contributed by atoms with Crippen LogP contribution in [0.5, 0.6) is 11.5 Å². The maximum atomic E-state index is 9.52. The molecule has 0 amide bonds. The smallest absolute Gasteiger partial charge is 0.160 e. The molecule has 2 N–H and O–H groups in total. The maximum absolute atomic E-state index is 9.52. The topological polar surface area (TPSA) is 46.4 Å². The van der Waals surface area contributed by atoms with Crippen molar-refractivity contribution in [3.63, 3.8) is 0 Å². The Morgan fingerprint density at radius 2 is 2.00 bits per heavy atom. The fourth-order valence-electron chi connectivity index (χ4n) is 1.68. The summed E-state index contributed by atoms with van der Waals surface area (Å²) in [7, 11) is 1.54. The predicted molar refractivity (Wildman–Crippen MR) is 66.9 cm³/mol. The van der Waals surface area contributed by atoms with Gasteiger partial charge in [0.2, 0.25) is 0 Å². The van der Waals surface area contributed by atoms with E-state index in [2.05, 4.69) is 5.43 Å². The quantitative estimate of drug-likeness (QED) is 0.851. The third-order valence-electron chi connectivity index (χ3n) is 2.65. The Morgan fingerprint density at radius 1 is 1.29 bits per heavy atom. The number of nitrogens with one attached hydrogen (secondary N) is 1. The number of hydrogen-bond donors (Lipinski definition) is 2. The minimum absolute atomic E-state index is 0.122. The molecule has 0 spiro atoms. The second-order valence-corrected chi connectivity index (χ2v) is 3.87. The molecule has 2 aromatic rings. The Balaban J connectivity index is 2.16. The molecule has 0 saturated carbocycles. The molecule has 1 atom stereocenters. The number of benzene rings is 1. The van der Waals surface area contributed by atoms with Gasteiger partial charge in [-0.25, -0.2) is 0 Å². The summed E-state index contributed by atoms with van der Waals surface area (Å²) >= 11 is 0. The zero-order chi connectivity index (χ0) is 12.3. The van der Waals surface area contributed by atoms with Gasteiger partial charge in [0.25, 0.3) is 0 Å². The molecule has 0 saturated heterocycles. The van der Waals surface area contributed by atoms with Crippen molar-refractivity contribution < 1.29 is 9.84 Å². The Hall–Kier alpha value is -2.10. The van der Waals surface area contributed by atoms with E-state index in [1.165, 1.54) is 0 Å². The van der Waals surface area contributed by atoms with E-state index in [9.17, 15) is 5.11 Å². The highest BCUT2D eigenvalue weighted by Gasteiger charge is 2.08. The lowest BCUT2D eigenvalue weighted by molar-refractivity contribution is 0.372. The minimum Gasteiger partial charge on any atom is -0.504 e. The first-order valence-corrected chi connectivity index (χ1v) is 5.47. The summed E-state index contributed by atoms with van der Waals surface area (Å²) in [4.78, 5) is 0. The number of methoxy groups -OCH3 is 1. The van der Waals surface area contributed by atoms with Gasteiger partial charge in [-0.2, -0.15) is 0 Å². The standard InChI is InChI=1S/C13H16N2O2/c1-10(14-15-7-3-4-8-15)11-5-6-12(16)13(9-11)17-2/h3-10,14,16H,1-2H3. The fourth-order valence-corrected chi connectivity index (χ4v) is 1.68. The van der Waals surface area contributed by atoms with Crippen LogP contribution in [0, 0.1) is 0 Å². The Bertz CT molecular complexity index is 480. The molecular weight excluding hydrogens is 216 g/mol. The van der Waals surface area contributed by atoms with Crippen LogP contribution in [0.25, 0.3) is 0 Å². The molecular formula is C13H16N2O2. The van der Waals surface area contributed by atoms with Crippen molar-refractivity contribution in [2.75, 3.05) is 12.5 Å². The molecule has 1 aromatic heterocycles. The van der Waals surface area contributed by atoms with E-state index >= 15 is 0 Å². The van der Waals surface area contributed by atoms with E-state index < -0.39 is 0 Å². The Kier molecular flexibility index (Phi) is 3.23. The molecule has 4 heteroatoms. The van der Waals surface area contributed by atoms with Crippen molar-refractivity contribution in [2.45, 2.75) is 13.0 Å². The van der Waals surface area contributed by atoms with Crippen LogP contribution < -0.4 is 10.2 Å². The van der Waals surface area contributed by atoms with Gasteiger partial charge in [0.1, 0.15) is 0 Å². The molecule has 0 aliphatic carbocycles. The lowest BCUT2D eigenvalue weighted by atomic mass is 10.1. The van der Waals surface area contributed by atoms with Crippen molar-refractivity contribution in [2.24, 2.45) is 0 Å². The first-order chi connectivity index (χ1) is 8.20. The van der Waals surface area contributed by atoms with Crippen LogP contribution in [-0.4, -0.2) is 16.9 Å². The van der Waals surface area contributed by atoms with Crippen LogP contribution >= 0.6 is 0 Å². The monoisotopic (exact) mass is 232 g/mol. The number of phenols is 1. The van der Waals surface area contributed by atoms with Gasteiger partial charge in [-0.3, -0.25) is 4.68 Å². The number of hydrogen-bond acceptors (Lipinski definition) is 3. The number of rotatable bonds is 4. The van der Waals surface area contributed by atoms with Crippen molar-refractivity contribution in [1.29, 1.82) is 0 Å². The van der Waals surface area contributed by atoms with Crippen LogP contribution in [0.3, 0.4) is 0 Å². The van der Waals surface area contributed by atoms with Gasteiger partial charge in [-0.05, 0) is 36.8 Å². The molecule has 0 aliphatic rings. The Morgan fingerprint density at radius 3 is 2.65 bits per heavy atom. The molecule has 90 valence electrons. The molecule has 0 radical (unpaired) electrons. The van der Waals surface area contributed by atoms with E-state index in [1.807, 2.05) is 48.3 Å². The largest absolute Gasteiger partial charge is 0.504 e. The summed E-state index contributed by atoms with van der Waals surface area (Å²) in [5.41, 5.74) is 4.34. The van der Waals surface area contributed by atoms with Crippen molar-refractivity contribution in [1.82, 2.24) is 4.68 Å². The van der Waals surface area contributed by atoms with Gasteiger partial charge in [-0.15, -0.1) is 0 Å². The predicted octanol–water partition coefficient (Wildman–Crippen LogP) is 2.51. The molecule has 4 nitrogen and oxygen atoms in total. The highest BCUT2D eigenvalue weighted by atomic mass is 16.5. The van der Waals surface area contributed by atoms with E-state index in [4.69, 9.17) is 4.74 Å². The third kappa shape index (κ3) is 2.53. The zero-order valence-electron chi connectivity index (χ0n) is 9.92. The van der Waals surface area contributed by atoms with Gasteiger partial charge in [0.05, 0.1) is 13.2 Å². The van der Waals surface area contributed by atoms with E-state index in [0.29, 0.717) is 5.75 Å². The summed E-state index contributed by atoms with van der Waals surface area (Å²) in [6.45, 7) is 2.05. The minimum atomic E-state index is 0.122. The van der Waals surface area contributed by atoms with Crippen molar-refractivity contribution in [3.05, 3.63) is 48.3 Å². The van der Waals surface area contributed by atoms with Crippen LogP contribution in [-0.2, 0) is 0 Å². The normalized spacial score (nSPS) is 12.1. The van der Waals surface area contributed by atoms with Crippen LogP contribution in [0.2, 0.25) is 0 Å². The van der Waals surface area contributed by atoms with Crippen LogP contribution in [0.1, 0.15) is 18.5 Å². The van der Waals surface area contributed by atoms with Gasteiger partial charge in [0, 0.05) is 12.4 Å². The van der Waals surface area contributed by atoms with E-state index in [1.54, 1.807) is 13.2 Å². The number of ether oxygens (including phenoxy) is 1. The molecule has 1 unspecified atom stereocenters. The molecule has 0 fully saturated rings. The van der Waals surface area contributed by atoms with Gasteiger partial charge in [0.15, 0.2) is 11.5 Å². The van der Waals surface area contributed by atoms with Crippen molar-refractivity contribution >= 4 is 0 Å². The average molecular weight is 232 g/mol. The molecule has 1 aromatic carbocycles. The lowest BCUT2D eigenvalue weighted by Gasteiger charge is -2.17. The van der Waals surface area contributed by atoms with Crippen molar-refractivity contribution in [3.8, 4) is 11.5 Å². The van der Waals surface area contributed by atoms with Gasteiger partial charge in [-0.1, -0.05) is 6.07 Å². The summed E-state index contributed by atoms with van der Waals surface area (Å²) < 4.78 is 6.98. The fraction of sp³-hybridized carbons (Fsp3) is 0.231. The molecule has 0 aliphatic heterocycles. The third-order valence-corrected chi connectivity index (χ3v) is 2.65. The molecule has 17 heavy (non-hydrogen) atoms. The second-order valence-electron chi connectivity index (χ2n) is 3.87. The molecule has 1 heterocycles. The van der Waals surface area contributed by atoms with Gasteiger partial charge >= 0.3 is 0 Å². The van der Waals surface area contributed by atoms with Crippen LogP contribution in [0.4, 0.5) is 0 Å². The molecule has 0 bridgehead atoms. The second kappa shape index (κ2) is 4.82. The summed E-state index contributed by atoms with van der Waals surface area (Å²) in [5, 5.41) is 9.52. The summed E-state index contributed by atoms with van der Waals surface area (Å²) in [5.74, 6) is 0.646. The summed E-state index contributed by atoms with van der Waals surface area (Å²) in [6.07, 6.45) is 3.88. The number of nitrogens with zero attached hydrogens (tertiary/aromatic N) is 1. The number of aromatic nitrogens is 1. The lowest BCUT2D eigenvalue weighted by Crippen LogP contribution is -2.16. The van der Waals surface area contributed by atoms with Gasteiger partial charge < -0.3 is 15.3 Å². The SMILES string of the molecule is COc1cc(C(C)Nn2cccc2)ccc1O. The first kappa shape index (κ1) is 11.4. The highest BCUT2D eigenvalue weighted by Crippen LogP contribution is 2.28. The Labute approximate surface area is 100 Å². The van der Waals surface area contributed by atoms with E-state index in [0.717, 1.165) is 5.56 Å². The molecule has 2 rings (SSSR count). The van der Waals surface area contributed by atoms with E-state index in [-0.39, 0.29) is 11.8 Å².